The van der Waals surface area contributed by atoms with Crippen LogP contribution < -0.4 is 10.9 Å². The molecule has 4 aromatic rings. The van der Waals surface area contributed by atoms with Gasteiger partial charge in [0.15, 0.2) is 0 Å². The molecule has 0 radical (unpaired) electrons. The number of aryl methyl sites for hydroxylation is 2. The lowest BCUT2D eigenvalue weighted by Gasteiger charge is -2.07. The second kappa shape index (κ2) is 7.75. The average Bonchev–Trinajstić information content (AvgIpc) is 3.08. The van der Waals surface area contributed by atoms with E-state index in [1.165, 1.54) is 16.5 Å². The van der Waals surface area contributed by atoms with Crippen molar-refractivity contribution in [2.45, 2.75) is 26.8 Å². The third kappa shape index (κ3) is 3.69. The molecule has 0 unspecified atom stereocenters. The minimum atomic E-state index is -0.387. The van der Waals surface area contributed by atoms with Crippen LogP contribution >= 0.6 is 0 Å². The maximum Gasteiger partial charge on any atom is 0.265 e. The van der Waals surface area contributed by atoms with Crippen LogP contribution in [0.3, 0.4) is 0 Å². The summed E-state index contributed by atoms with van der Waals surface area (Å²) in [6, 6.07) is 17.2. The average molecular weight is 387 g/mol. The van der Waals surface area contributed by atoms with Gasteiger partial charge in [0.2, 0.25) is 5.71 Å². The quantitative estimate of drug-likeness (QED) is 0.558. The second-order valence-electron chi connectivity index (χ2n) is 6.88. The third-order valence-corrected chi connectivity index (χ3v) is 4.90. The highest BCUT2D eigenvalue weighted by atomic mass is 16.3. The zero-order chi connectivity index (χ0) is 20.4. The van der Waals surface area contributed by atoms with Crippen molar-refractivity contribution in [3.8, 4) is 0 Å². The number of furan rings is 1. The highest BCUT2D eigenvalue weighted by molar-refractivity contribution is 6.12. The standard InChI is InChI=1S/C23H21N3O3/c1-3-16-9-11-18(12-10-16)25-21(27)19-15(2)29-22-20(19)23(28)26(14-24-22)13-17-7-5-4-6-8-17/h4-12,14H,3,13H2,1-2H3,(H,25,27). The molecule has 0 spiro atoms. The first kappa shape index (κ1) is 18.7. The molecule has 29 heavy (non-hydrogen) atoms. The Morgan fingerprint density at radius 1 is 1.07 bits per heavy atom. The second-order valence-corrected chi connectivity index (χ2v) is 6.88. The lowest BCUT2D eigenvalue weighted by Crippen LogP contribution is -2.23. The van der Waals surface area contributed by atoms with Crippen molar-refractivity contribution in [1.82, 2.24) is 9.55 Å². The molecular formula is C23H21N3O3. The molecule has 2 aromatic heterocycles. The number of aromatic nitrogens is 2. The molecule has 0 aliphatic carbocycles. The van der Waals surface area contributed by atoms with E-state index in [1.54, 1.807) is 6.92 Å². The number of nitrogens with one attached hydrogen (secondary N) is 1. The van der Waals surface area contributed by atoms with Crippen LogP contribution in [0.1, 0.15) is 34.2 Å². The Labute approximate surface area is 167 Å². The summed E-state index contributed by atoms with van der Waals surface area (Å²) in [7, 11) is 0. The summed E-state index contributed by atoms with van der Waals surface area (Å²) in [6.07, 6.45) is 2.37. The topological polar surface area (TPSA) is 77.1 Å². The van der Waals surface area contributed by atoms with E-state index in [9.17, 15) is 9.59 Å². The molecule has 0 aliphatic rings. The Balaban J connectivity index is 1.71. The molecule has 0 fully saturated rings. The molecular weight excluding hydrogens is 366 g/mol. The predicted molar refractivity (Wildman–Crippen MR) is 112 cm³/mol. The van der Waals surface area contributed by atoms with Crippen molar-refractivity contribution in [3.63, 3.8) is 0 Å². The predicted octanol–water partition coefficient (Wildman–Crippen LogP) is 4.16. The molecule has 0 saturated heterocycles. The molecule has 2 heterocycles. The summed E-state index contributed by atoms with van der Waals surface area (Å²) in [5.41, 5.74) is 2.90. The van der Waals surface area contributed by atoms with Crippen LogP contribution in [-0.4, -0.2) is 15.5 Å². The van der Waals surface area contributed by atoms with Gasteiger partial charge in [-0.1, -0.05) is 49.4 Å². The number of carbonyl (C=O) groups excluding carboxylic acids is 1. The van der Waals surface area contributed by atoms with Crippen molar-refractivity contribution in [1.29, 1.82) is 0 Å². The first-order valence-corrected chi connectivity index (χ1v) is 9.49. The fourth-order valence-corrected chi connectivity index (χ4v) is 3.32. The Kier molecular flexibility index (Phi) is 4.99. The molecule has 4 rings (SSSR count). The van der Waals surface area contributed by atoms with Gasteiger partial charge in [-0.15, -0.1) is 0 Å². The summed E-state index contributed by atoms with van der Waals surface area (Å²) < 4.78 is 7.08. The molecule has 1 N–H and O–H groups in total. The van der Waals surface area contributed by atoms with Crippen LogP contribution in [0.2, 0.25) is 0 Å². The molecule has 0 bridgehead atoms. The number of hydrogen-bond donors (Lipinski definition) is 1. The van der Waals surface area contributed by atoms with Crippen molar-refractivity contribution in [3.05, 3.63) is 93.7 Å². The fraction of sp³-hybridized carbons (Fsp3) is 0.174. The highest BCUT2D eigenvalue weighted by Gasteiger charge is 2.23. The van der Waals surface area contributed by atoms with Crippen LogP contribution in [0.5, 0.6) is 0 Å². The monoisotopic (exact) mass is 387 g/mol. The van der Waals surface area contributed by atoms with Gasteiger partial charge in [-0.2, -0.15) is 0 Å². The van der Waals surface area contributed by atoms with Gasteiger partial charge in [0.25, 0.3) is 11.5 Å². The number of fused-ring (bicyclic) bond motifs is 1. The normalized spacial score (nSPS) is 11.0. The third-order valence-electron chi connectivity index (χ3n) is 4.90. The summed E-state index contributed by atoms with van der Waals surface area (Å²) in [5, 5.41) is 3.05. The lowest BCUT2D eigenvalue weighted by molar-refractivity contribution is 0.102. The van der Waals surface area contributed by atoms with E-state index >= 15 is 0 Å². The number of carbonyl (C=O) groups is 1. The van der Waals surface area contributed by atoms with Gasteiger partial charge < -0.3 is 9.73 Å². The van der Waals surface area contributed by atoms with Crippen LogP contribution in [0.25, 0.3) is 11.1 Å². The van der Waals surface area contributed by atoms with Gasteiger partial charge in [0.05, 0.1) is 12.1 Å². The first-order chi connectivity index (χ1) is 14.1. The highest BCUT2D eigenvalue weighted by Crippen LogP contribution is 2.22. The van der Waals surface area contributed by atoms with E-state index in [0.717, 1.165) is 12.0 Å². The number of rotatable bonds is 5. The Hall–Kier alpha value is -3.67. The molecule has 0 aliphatic heterocycles. The van der Waals surface area contributed by atoms with Crippen LogP contribution in [0.15, 0.2) is 70.1 Å². The molecule has 146 valence electrons. The first-order valence-electron chi connectivity index (χ1n) is 9.49. The smallest absolute Gasteiger partial charge is 0.265 e. The molecule has 0 saturated carbocycles. The SMILES string of the molecule is CCc1ccc(NC(=O)c2c(C)oc3ncn(Cc4ccccc4)c(=O)c23)cc1. The van der Waals surface area contributed by atoms with E-state index in [1.807, 2.05) is 54.6 Å². The lowest BCUT2D eigenvalue weighted by atomic mass is 10.1. The Morgan fingerprint density at radius 2 is 1.79 bits per heavy atom. The van der Waals surface area contributed by atoms with Crippen molar-refractivity contribution < 1.29 is 9.21 Å². The Bertz CT molecular complexity index is 1220. The maximum atomic E-state index is 13.1. The van der Waals surface area contributed by atoms with Gasteiger partial charge in [0, 0.05) is 5.69 Å². The van der Waals surface area contributed by atoms with Crippen LogP contribution in [0.4, 0.5) is 5.69 Å². The number of nitrogens with zero attached hydrogens (tertiary/aromatic N) is 2. The zero-order valence-corrected chi connectivity index (χ0v) is 16.3. The van der Waals surface area contributed by atoms with E-state index in [4.69, 9.17) is 4.42 Å². The number of anilines is 1. The minimum Gasteiger partial charge on any atom is -0.442 e. The van der Waals surface area contributed by atoms with Gasteiger partial charge in [-0.3, -0.25) is 14.2 Å². The molecule has 6 nitrogen and oxygen atoms in total. The zero-order valence-electron chi connectivity index (χ0n) is 16.3. The summed E-state index contributed by atoms with van der Waals surface area (Å²) in [6.45, 7) is 4.10. The summed E-state index contributed by atoms with van der Waals surface area (Å²) in [5.74, 6) is -0.0217. The van der Waals surface area contributed by atoms with Crippen molar-refractivity contribution in [2.75, 3.05) is 5.32 Å². The van der Waals surface area contributed by atoms with Gasteiger partial charge in [-0.05, 0) is 36.6 Å². The molecule has 2 aromatic carbocycles. The van der Waals surface area contributed by atoms with Gasteiger partial charge in [0.1, 0.15) is 17.5 Å². The van der Waals surface area contributed by atoms with Gasteiger partial charge >= 0.3 is 0 Å². The van der Waals surface area contributed by atoms with Crippen LogP contribution in [0, 0.1) is 6.92 Å². The van der Waals surface area contributed by atoms with E-state index in [0.29, 0.717) is 18.0 Å². The van der Waals surface area contributed by atoms with Gasteiger partial charge in [-0.25, -0.2) is 4.98 Å². The number of benzene rings is 2. The Morgan fingerprint density at radius 3 is 2.48 bits per heavy atom. The maximum absolute atomic E-state index is 13.1. The van der Waals surface area contributed by atoms with Crippen LogP contribution in [-0.2, 0) is 13.0 Å². The van der Waals surface area contributed by atoms with Crippen molar-refractivity contribution in [2.24, 2.45) is 0 Å². The van der Waals surface area contributed by atoms with E-state index in [-0.39, 0.29) is 28.1 Å². The molecule has 1 amide bonds. The molecule has 6 heteroatoms. The van der Waals surface area contributed by atoms with E-state index < -0.39 is 0 Å². The fourth-order valence-electron chi connectivity index (χ4n) is 3.32. The molecule has 0 atom stereocenters. The summed E-state index contributed by atoms with van der Waals surface area (Å²) >= 11 is 0. The largest absolute Gasteiger partial charge is 0.442 e. The minimum absolute atomic E-state index is 0.170. The number of hydrogen-bond acceptors (Lipinski definition) is 4. The van der Waals surface area contributed by atoms with Crippen molar-refractivity contribution >= 4 is 22.7 Å². The van der Waals surface area contributed by atoms with E-state index in [2.05, 4.69) is 17.2 Å². The summed E-state index contributed by atoms with van der Waals surface area (Å²) in [4.78, 5) is 30.3. The number of amides is 1.